The van der Waals surface area contributed by atoms with E-state index in [0.29, 0.717) is 0 Å². The lowest BCUT2D eigenvalue weighted by molar-refractivity contribution is 0.230. The van der Waals surface area contributed by atoms with Gasteiger partial charge in [0.15, 0.2) is 0 Å². The van der Waals surface area contributed by atoms with Gasteiger partial charge in [0.2, 0.25) is 0 Å². The Morgan fingerprint density at radius 3 is 2.71 bits per heavy atom. The van der Waals surface area contributed by atoms with Crippen LogP contribution in [0.25, 0.3) is 0 Å². The molecule has 0 aromatic carbocycles. The molecule has 2 rings (SSSR count). The van der Waals surface area contributed by atoms with Crippen molar-refractivity contribution in [1.29, 1.82) is 0 Å². The third-order valence-corrected chi connectivity index (χ3v) is 2.70. The Morgan fingerprint density at radius 1 is 1.43 bits per heavy atom. The SMILES string of the molecule is Cc1cn(C)nc1CN1CCNCC1. The van der Waals surface area contributed by atoms with Crippen LogP contribution in [0.2, 0.25) is 0 Å². The van der Waals surface area contributed by atoms with E-state index in [-0.39, 0.29) is 0 Å². The van der Waals surface area contributed by atoms with Gasteiger partial charge in [0.1, 0.15) is 0 Å². The summed E-state index contributed by atoms with van der Waals surface area (Å²) in [4.78, 5) is 2.45. The Labute approximate surface area is 84.9 Å². The van der Waals surface area contributed by atoms with Crippen LogP contribution in [0.15, 0.2) is 6.20 Å². The molecule has 0 spiro atoms. The number of aryl methyl sites for hydroxylation is 2. The molecule has 1 aromatic rings. The summed E-state index contributed by atoms with van der Waals surface area (Å²) in [5.74, 6) is 0. The van der Waals surface area contributed by atoms with Gasteiger partial charge in [0, 0.05) is 46.0 Å². The largest absolute Gasteiger partial charge is 0.314 e. The molecule has 0 saturated carbocycles. The van der Waals surface area contributed by atoms with E-state index in [1.807, 2.05) is 11.7 Å². The van der Waals surface area contributed by atoms with Gasteiger partial charge in [-0.25, -0.2) is 0 Å². The molecule has 1 N–H and O–H groups in total. The first kappa shape index (κ1) is 9.68. The zero-order valence-corrected chi connectivity index (χ0v) is 8.95. The van der Waals surface area contributed by atoms with E-state index in [1.165, 1.54) is 11.3 Å². The van der Waals surface area contributed by atoms with Crippen molar-refractivity contribution >= 4 is 0 Å². The van der Waals surface area contributed by atoms with Crippen LogP contribution in [0.1, 0.15) is 11.3 Å². The van der Waals surface area contributed by atoms with Crippen LogP contribution in [-0.4, -0.2) is 40.9 Å². The highest BCUT2D eigenvalue weighted by atomic mass is 15.3. The van der Waals surface area contributed by atoms with E-state index in [2.05, 4.69) is 28.4 Å². The predicted molar refractivity (Wildman–Crippen MR) is 56.1 cm³/mol. The number of nitrogens with zero attached hydrogens (tertiary/aromatic N) is 3. The van der Waals surface area contributed by atoms with Crippen molar-refractivity contribution < 1.29 is 0 Å². The molecule has 4 heteroatoms. The van der Waals surface area contributed by atoms with Crippen LogP contribution in [0.3, 0.4) is 0 Å². The summed E-state index contributed by atoms with van der Waals surface area (Å²) >= 11 is 0. The molecule has 0 radical (unpaired) electrons. The molecule has 1 aliphatic heterocycles. The summed E-state index contributed by atoms with van der Waals surface area (Å²) in [7, 11) is 1.98. The first-order chi connectivity index (χ1) is 6.75. The number of aromatic nitrogens is 2. The van der Waals surface area contributed by atoms with E-state index in [0.717, 1.165) is 32.7 Å². The fraction of sp³-hybridized carbons (Fsp3) is 0.700. The van der Waals surface area contributed by atoms with Gasteiger partial charge in [-0.05, 0) is 12.5 Å². The number of rotatable bonds is 2. The molecule has 1 saturated heterocycles. The van der Waals surface area contributed by atoms with Gasteiger partial charge in [-0.2, -0.15) is 5.10 Å². The smallest absolute Gasteiger partial charge is 0.0793 e. The van der Waals surface area contributed by atoms with Crippen molar-refractivity contribution in [3.05, 3.63) is 17.5 Å². The predicted octanol–water partition coefficient (Wildman–Crippen LogP) is 0.134. The van der Waals surface area contributed by atoms with Gasteiger partial charge in [0.05, 0.1) is 5.69 Å². The summed E-state index contributed by atoms with van der Waals surface area (Å²) < 4.78 is 1.90. The standard InChI is InChI=1S/C10H18N4/c1-9-7-13(2)12-10(9)8-14-5-3-11-4-6-14/h7,11H,3-6,8H2,1-2H3. The van der Waals surface area contributed by atoms with Crippen LogP contribution in [0.4, 0.5) is 0 Å². The van der Waals surface area contributed by atoms with E-state index < -0.39 is 0 Å². The second-order valence-electron chi connectivity index (χ2n) is 3.96. The molecule has 0 atom stereocenters. The third-order valence-electron chi connectivity index (χ3n) is 2.70. The van der Waals surface area contributed by atoms with Gasteiger partial charge in [-0.1, -0.05) is 0 Å². The Bertz CT molecular complexity index is 299. The molecule has 1 aliphatic rings. The second kappa shape index (κ2) is 4.11. The number of hydrogen-bond acceptors (Lipinski definition) is 3. The zero-order valence-electron chi connectivity index (χ0n) is 8.95. The first-order valence-corrected chi connectivity index (χ1v) is 5.18. The highest BCUT2D eigenvalue weighted by molar-refractivity contribution is 5.14. The van der Waals surface area contributed by atoms with Gasteiger partial charge < -0.3 is 5.32 Å². The molecule has 2 heterocycles. The minimum Gasteiger partial charge on any atom is -0.314 e. The van der Waals surface area contributed by atoms with Gasteiger partial charge in [-0.3, -0.25) is 9.58 Å². The molecule has 0 bridgehead atoms. The van der Waals surface area contributed by atoms with Crippen LogP contribution in [0.5, 0.6) is 0 Å². The van der Waals surface area contributed by atoms with Crippen LogP contribution in [-0.2, 0) is 13.6 Å². The Balaban J connectivity index is 1.98. The summed E-state index contributed by atoms with van der Waals surface area (Å²) in [6.45, 7) is 7.60. The number of nitrogens with one attached hydrogen (secondary N) is 1. The van der Waals surface area contributed by atoms with Crippen molar-refractivity contribution in [2.75, 3.05) is 26.2 Å². The lowest BCUT2D eigenvalue weighted by Gasteiger charge is -2.26. The molecule has 1 aromatic heterocycles. The van der Waals surface area contributed by atoms with Crippen LogP contribution in [0, 0.1) is 6.92 Å². The van der Waals surface area contributed by atoms with Crippen molar-refractivity contribution in [1.82, 2.24) is 20.0 Å². The Hall–Kier alpha value is -0.870. The van der Waals surface area contributed by atoms with E-state index in [4.69, 9.17) is 0 Å². The van der Waals surface area contributed by atoms with Gasteiger partial charge >= 0.3 is 0 Å². The molecule has 0 aliphatic carbocycles. The summed E-state index contributed by atoms with van der Waals surface area (Å²) in [6, 6.07) is 0. The third kappa shape index (κ3) is 2.13. The summed E-state index contributed by atoms with van der Waals surface area (Å²) in [5.41, 5.74) is 2.51. The number of piperazine rings is 1. The van der Waals surface area contributed by atoms with Gasteiger partial charge in [0.25, 0.3) is 0 Å². The maximum atomic E-state index is 4.46. The average Bonchev–Trinajstić information content (AvgIpc) is 2.47. The van der Waals surface area contributed by atoms with E-state index in [9.17, 15) is 0 Å². The molecular weight excluding hydrogens is 176 g/mol. The molecule has 14 heavy (non-hydrogen) atoms. The molecule has 78 valence electrons. The Morgan fingerprint density at radius 2 is 2.14 bits per heavy atom. The first-order valence-electron chi connectivity index (χ1n) is 5.18. The quantitative estimate of drug-likeness (QED) is 0.726. The number of hydrogen-bond donors (Lipinski definition) is 1. The van der Waals surface area contributed by atoms with Crippen molar-refractivity contribution in [3.63, 3.8) is 0 Å². The van der Waals surface area contributed by atoms with Gasteiger partial charge in [-0.15, -0.1) is 0 Å². The maximum Gasteiger partial charge on any atom is 0.0793 e. The minimum absolute atomic E-state index is 0.994. The highest BCUT2D eigenvalue weighted by Gasteiger charge is 2.12. The lowest BCUT2D eigenvalue weighted by Crippen LogP contribution is -2.43. The molecular formula is C10H18N4. The van der Waals surface area contributed by atoms with E-state index >= 15 is 0 Å². The van der Waals surface area contributed by atoms with Crippen molar-refractivity contribution in [2.24, 2.45) is 7.05 Å². The molecule has 4 nitrogen and oxygen atoms in total. The zero-order chi connectivity index (χ0) is 9.97. The average molecular weight is 194 g/mol. The normalized spacial score (nSPS) is 18.7. The van der Waals surface area contributed by atoms with Crippen molar-refractivity contribution in [2.45, 2.75) is 13.5 Å². The topological polar surface area (TPSA) is 33.1 Å². The van der Waals surface area contributed by atoms with E-state index in [1.54, 1.807) is 0 Å². The lowest BCUT2D eigenvalue weighted by atomic mass is 10.2. The molecule has 1 fully saturated rings. The molecule has 0 amide bonds. The maximum absolute atomic E-state index is 4.46. The second-order valence-corrected chi connectivity index (χ2v) is 3.96. The summed E-state index contributed by atoms with van der Waals surface area (Å²) in [6.07, 6.45) is 2.08. The fourth-order valence-electron chi connectivity index (χ4n) is 1.89. The molecule has 0 unspecified atom stereocenters. The highest BCUT2D eigenvalue weighted by Crippen LogP contribution is 2.08. The van der Waals surface area contributed by atoms with Crippen LogP contribution < -0.4 is 5.32 Å². The van der Waals surface area contributed by atoms with Crippen molar-refractivity contribution in [3.8, 4) is 0 Å². The summed E-state index contributed by atoms with van der Waals surface area (Å²) in [5, 5.41) is 7.81. The minimum atomic E-state index is 0.994. The van der Waals surface area contributed by atoms with Crippen LogP contribution >= 0.6 is 0 Å². The fourth-order valence-corrected chi connectivity index (χ4v) is 1.89. The monoisotopic (exact) mass is 194 g/mol. The Kier molecular flexibility index (Phi) is 2.84.